The van der Waals surface area contributed by atoms with Gasteiger partial charge in [0.25, 0.3) is 0 Å². The lowest BCUT2D eigenvalue weighted by Gasteiger charge is -2.19. The van der Waals surface area contributed by atoms with Crippen LogP contribution in [0.25, 0.3) is 0 Å². The zero-order chi connectivity index (χ0) is 13.9. The molecule has 102 valence electrons. The molecule has 0 saturated carbocycles. The molecule has 1 aromatic rings. The molecule has 0 radical (unpaired) electrons. The van der Waals surface area contributed by atoms with Crippen molar-refractivity contribution in [3.63, 3.8) is 0 Å². The monoisotopic (exact) mass is 270 g/mol. The molecule has 0 spiro atoms. The van der Waals surface area contributed by atoms with Gasteiger partial charge in [-0.1, -0.05) is 32.0 Å². The van der Waals surface area contributed by atoms with Crippen molar-refractivity contribution in [2.75, 3.05) is 6.26 Å². The number of hydrogen-bond acceptors (Lipinski definition) is 3. The molecule has 0 fully saturated rings. The minimum atomic E-state index is -3.24. The summed E-state index contributed by atoms with van der Waals surface area (Å²) in [5.74, 6) is 0. The minimum absolute atomic E-state index is 0.682. The predicted molar refractivity (Wildman–Crippen MR) is 74.5 cm³/mol. The van der Waals surface area contributed by atoms with Gasteiger partial charge in [-0.05, 0) is 36.5 Å². The number of aliphatic hydroxyl groups excluding tert-OH is 1. The third kappa shape index (κ3) is 3.33. The summed E-state index contributed by atoms with van der Waals surface area (Å²) in [5.41, 5.74) is 3.11. The van der Waals surface area contributed by atoms with Crippen LogP contribution in [0, 0.1) is 0 Å². The van der Waals surface area contributed by atoms with Gasteiger partial charge < -0.3 is 5.11 Å². The summed E-state index contributed by atoms with van der Waals surface area (Å²) in [7, 11) is -3.24. The molecule has 0 heterocycles. The van der Waals surface area contributed by atoms with Crippen LogP contribution in [0.2, 0.25) is 0 Å². The second kappa shape index (κ2) is 5.85. The van der Waals surface area contributed by atoms with Crippen molar-refractivity contribution >= 4 is 9.84 Å². The number of hydrogen-bond donors (Lipinski definition) is 1. The Morgan fingerprint density at radius 1 is 1.17 bits per heavy atom. The first-order valence-corrected chi connectivity index (χ1v) is 8.25. The molecule has 0 saturated heterocycles. The lowest BCUT2D eigenvalue weighted by molar-refractivity contribution is 0.176. The van der Waals surface area contributed by atoms with Gasteiger partial charge in [0.05, 0.1) is 11.4 Å². The van der Waals surface area contributed by atoms with E-state index in [9.17, 15) is 13.5 Å². The van der Waals surface area contributed by atoms with E-state index in [1.54, 1.807) is 6.92 Å². The maximum Gasteiger partial charge on any atom is 0.152 e. The van der Waals surface area contributed by atoms with Crippen molar-refractivity contribution in [3.8, 4) is 0 Å². The van der Waals surface area contributed by atoms with Gasteiger partial charge in [-0.25, -0.2) is 8.42 Å². The molecular formula is C14H22O3S. The number of aliphatic hydroxyl groups is 1. The molecule has 0 aliphatic rings. The van der Waals surface area contributed by atoms with Crippen molar-refractivity contribution in [3.05, 3.63) is 34.9 Å². The summed E-state index contributed by atoms with van der Waals surface area (Å²) in [6, 6.07) is 5.72. The number of benzene rings is 1. The highest BCUT2D eigenvalue weighted by molar-refractivity contribution is 7.91. The van der Waals surface area contributed by atoms with Crippen molar-refractivity contribution in [1.29, 1.82) is 0 Å². The van der Waals surface area contributed by atoms with Crippen LogP contribution in [-0.4, -0.2) is 25.0 Å². The summed E-state index contributed by atoms with van der Waals surface area (Å²) in [6.45, 7) is 5.69. The highest BCUT2D eigenvalue weighted by Gasteiger charge is 2.25. The van der Waals surface area contributed by atoms with E-state index < -0.39 is 21.2 Å². The van der Waals surface area contributed by atoms with Gasteiger partial charge >= 0.3 is 0 Å². The molecule has 0 aliphatic carbocycles. The third-order valence-electron chi connectivity index (χ3n) is 3.45. The van der Waals surface area contributed by atoms with Gasteiger partial charge in [0, 0.05) is 6.26 Å². The van der Waals surface area contributed by atoms with Gasteiger partial charge in [0.1, 0.15) is 0 Å². The highest BCUT2D eigenvalue weighted by atomic mass is 32.2. The topological polar surface area (TPSA) is 54.4 Å². The number of aryl methyl sites for hydroxylation is 2. The third-order valence-corrected chi connectivity index (χ3v) is 5.06. The van der Waals surface area contributed by atoms with Gasteiger partial charge in [-0.2, -0.15) is 0 Å². The van der Waals surface area contributed by atoms with Crippen LogP contribution < -0.4 is 0 Å². The maximum absolute atomic E-state index is 11.5. The number of rotatable bonds is 5. The highest BCUT2D eigenvalue weighted by Crippen LogP contribution is 2.24. The SMILES string of the molecule is CCc1ccc(C(O)C(C)S(C)(=O)=O)cc1CC. The molecule has 18 heavy (non-hydrogen) atoms. The van der Waals surface area contributed by atoms with Crippen LogP contribution in [0.4, 0.5) is 0 Å². The van der Waals surface area contributed by atoms with Crippen molar-refractivity contribution in [2.24, 2.45) is 0 Å². The Balaban J connectivity index is 3.11. The van der Waals surface area contributed by atoms with Crippen LogP contribution in [0.1, 0.15) is 43.6 Å². The standard InChI is InChI=1S/C14H22O3S/c1-5-11-7-8-13(9-12(11)6-2)14(15)10(3)18(4,16)17/h7-10,14-15H,5-6H2,1-4H3. The summed E-state index contributed by atoms with van der Waals surface area (Å²) >= 11 is 0. The molecule has 1 rings (SSSR count). The smallest absolute Gasteiger partial charge is 0.152 e. The van der Waals surface area contributed by atoms with Gasteiger partial charge in [0.15, 0.2) is 9.84 Å². The summed E-state index contributed by atoms with van der Waals surface area (Å²) in [4.78, 5) is 0. The average molecular weight is 270 g/mol. The van der Waals surface area contributed by atoms with E-state index in [1.807, 2.05) is 18.2 Å². The minimum Gasteiger partial charge on any atom is -0.387 e. The van der Waals surface area contributed by atoms with E-state index in [4.69, 9.17) is 0 Å². The van der Waals surface area contributed by atoms with Crippen LogP contribution >= 0.6 is 0 Å². The average Bonchev–Trinajstić information content (AvgIpc) is 2.34. The Hall–Kier alpha value is -0.870. The Morgan fingerprint density at radius 2 is 1.72 bits per heavy atom. The molecule has 0 bridgehead atoms. The molecule has 1 N–H and O–H groups in total. The van der Waals surface area contributed by atoms with E-state index in [0.29, 0.717) is 5.56 Å². The molecule has 4 heteroatoms. The number of sulfone groups is 1. The Morgan fingerprint density at radius 3 is 2.17 bits per heavy atom. The first-order chi connectivity index (χ1) is 8.31. The van der Waals surface area contributed by atoms with Crippen LogP contribution in [0.3, 0.4) is 0 Å². The molecule has 0 aromatic heterocycles. The molecule has 0 aliphatic heterocycles. The lowest BCUT2D eigenvalue weighted by Crippen LogP contribution is -2.24. The van der Waals surface area contributed by atoms with E-state index in [0.717, 1.165) is 19.1 Å². The summed E-state index contributed by atoms with van der Waals surface area (Å²) in [5, 5.41) is 9.35. The Bertz CT molecular complexity index is 506. The normalized spacial score (nSPS) is 15.4. The second-order valence-electron chi connectivity index (χ2n) is 4.71. The van der Waals surface area contributed by atoms with Gasteiger partial charge in [-0.15, -0.1) is 0 Å². The second-order valence-corrected chi connectivity index (χ2v) is 7.12. The van der Waals surface area contributed by atoms with E-state index in [1.165, 1.54) is 11.1 Å². The zero-order valence-electron chi connectivity index (χ0n) is 11.5. The largest absolute Gasteiger partial charge is 0.387 e. The lowest BCUT2D eigenvalue weighted by atomic mass is 9.97. The van der Waals surface area contributed by atoms with Crippen molar-refractivity contribution in [2.45, 2.75) is 45.0 Å². The molecule has 1 aromatic carbocycles. The fraction of sp³-hybridized carbons (Fsp3) is 0.571. The van der Waals surface area contributed by atoms with Crippen LogP contribution in [-0.2, 0) is 22.7 Å². The van der Waals surface area contributed by atoms with E-state index in [2.05, 4.69) is 13.8 Å². The predicted octanol–water partition coefficient (Wildman–Crippen LogP) is 2.28. The maximum atomic E-state index is 11.5. The van der Waals surface area contributed by atoms with Crippen molar-refractivity contribution in [1.82, 2.24) is 0 Å². The molecular weight excluding hydrogens is 248 g/mol. The molecule has 2 unspecified atom stereocenters. The van der Waals surface area contributed by atoms with Gasteiger partial charge in [0.2, 0.25) is 0 Å². The zero-order valence-corrected chi connectivity index (χ0v) is 12.3. The molecule has 2 atom stereocenters. The van der Waals surface area contributed by atoms with Crippen LogP contribution in [0.15, 0.2) is 18.2 Å². The van der Waals surface area contributed by atoms with E-state index in [-0.39, 0.29) is 0 Å². The summed E-state index contributed by atoms with van der Waals surface area (Å²) in [6.07, 6.45) is 2.02. The quantitative estimate of drug-likeness (QED) is 0.893. The van der Waals surface area contributed by atoms with Crippen LogP contribution in [0.5, 0.6) is 0 Å². The fourth-order valence-corrected chi connectivity index (χ4v) is 2.63. The Kier molecular flexibility index (Phi) is 4.93. The first kappa shape index (κ1) is 15.2. The summed E-state index contributed by atoms with van der Waals surface area (Å²) < 4.78 is 22.9. The molecule has 0 amide bonds. The van der Waals surface area contributed by atoms with Crippen molar-refractivity contribution < 1.29 is 13.5 Å². The van der Waals surface area contributed by atoms with E-state index >= 15 is 0 Å². The first-order valence-electron chi connectivity index (χ1n) is 6.29. The fourth-order valence-electron chi connectivity index (χ4n) is 2.01. The molecule has 3 nitrogen and oxygen atoms in total. The Labute approximate surface area is 110 Å². The van der Waals surface area contributed by atoms with Gasteiger partial charge in [-0.3, -0.25) is 0 Å².